The molecule has 1 heterocycles. The summed E-state index contributed by atoms with van der Waals surface area (Å²) in [6, 6.07) is 0.596. The molecular weight excluding hydrogens is 268 g/mol. The van der Waals surface area contributed by atoms with Gasteiger partial charge in [-0.25, -0.2) is 0 Å². The van der Waals surface area contributed by atoms with Crippen LogP contribution in [-0.4, -0.2) is 76.3 Å². The number of hydrogen-bond acceptors (Lipinski definition) is 5. The first-order valence-electron chi connectivity index (χ1n) is 8.29. The topological polar surface area (TPSA) is 43.0 Å². The van der Waals surface area contributed by atoms with Crippen LogP contribution in [0, 0.1) is 5.92 Å². The van der Waals surface area contributed by atoms with Crippen molar-refractivity contribution < 1.29 is 14.2 Å². The second-order valence-electron chi connectivity index (χ2n) is 6.61. The van der Waals surface area contributed by atoms with E-state index in [4.69, 9.17) is 14.2 Å². The second kappa shape index (κ2) is 8.44. The molecule has 1 N–H and O–H groups in total. The quantitative estimate of drug-likeness (QED) is 0.613. The molecule has 0 aromatic heterocycles. The molecule has 1 saturated carbocycles. The van der Waals surface area contributed by atoms with Gasteiger partial charge in [-0.3, -0.25) is 4.90 Å². The summed E-state index contributed by atoms with van der Waals surface area (Å²) in [4.78, 5) is 2.57. The molecule has 1 saturated heterocycles. The number of methoxy groups -OCH3 is 1. The van der Waals surface area contributed by atoms with Gasteiger partial charge >= 0.3 is 0 Å². The van der Waals surface area contributed by atoms with Gasteiger partial charge in [-0.15, -0.1) is 0 Å². The van der Waals surface area contributed by atoms with Crippen LogP contribution in [0.15, 0.2) is 0 Å². The third-order valence-corrected chi connectivity index (χ3v) is 4.76. The van der Waals surface area contributed by atoms with Crippen LogP contribution < -0.4 is 5.32 Å². The van der Waals surface area contributed by atoms with Crippen molar-refractivity contribution in [2.75, 3.05) is 59.8 Å². The van der Waals surface area contributed by atoms with E-state index in [1.165, 1.54) is 12.8 Å². The summed E-state index contributed by atoms with van der Waals surface area (Å²) in [7, 11) is 1.68. The van der Waals surface area contributed by atoms with Crippen molar-refractivity contribution in [3.63, 3.8) is 0 Å². The summed E-state index contributed by atoms with van der Waals surface area (Å²) < 4.78 is 16.0. The lowest BCUT2D eigenvalue weighted by molar-refractivity contribution is 0.00767. The Bertz CT molecular complexity index is 299. The maximum absolute atomic E-state index is 5.68. The smallest absolute Gasteiger partial charge is 0.0701 e. The minimum absolute atomic E-state index is 0.315. The minimum atomic E-state index is 0.315. The van der Waals surface area contributed by atoms with Crippen molar-refractivity contribution in [2.45, 2.75) is 38.3 Å². The van der Waals surface area contributed by atoms with Crippen LogP contribution in [0.3, 0.4) is 0 Å². The average Bonchev–Trinajstić information content (AvgIpc) is 3.31. The van der Waals surface area contributed by atoms with Gasteiger partial charge < -0.3 is 19.5 Å². The van der Waals surface area contributed by atoms with Crippen LogP contribution in [0.25, 0.3) is 0 Å². The Balaban J connectivity index is 1.56. The molecule has 0 spiro atoms. The normalized spacial score (nSPS) is 30.7. The first-order chi connectivity index (χ1) is 10.2. The van der Waals surface area contributed by atoms with E-state index in [2.05, 4.69) is 24.1 Å². The van der Waals surface area contributed by atoms with E-state index in [-0.39, 0.29) is 0 Å². The lowest BCUT2D eigenvalue weighted by atomic mass is 9.91. The predicted octanol–water partition coefficient (Wildman–Crippen LogP) is 1.13. The van der Waals surface area contributed by atoms with E-state index >= 15 is 0 Å². The van der Waals surface area contributed by atoms with Crippen LogP contribution in [0.2, 0.25) is 0 Å². The zero-order valence-electron chi connectivity index (χ0n) is 13.9. The van der Waals surface area contributed by atoms with Crippen molar-refractivity contribution in [1.82, 2.24) is 10.2 Å². The maximum Gasteiger partial charge on any atom is 0.0701 e. The third-order valence-electron chi connectivity index (χ3n) is 4.76. The van der Waals surface area contributed by atoms with E-state index in [0.29, 0.717) is 38.0 Å². The average molecular weight is 300 g/mol. The van der Waals surface area contributed by atoms with Gasteiger partial charge in [0.25, 0.3) is 0 Å². The van der Waals surface area contributed by atoms with Gasteiger partial charge in [-0.2, -0.15) is 0 Å². The van der Waals surface area contributed by atoms with Crippen molar-refractivity contribution in [3.8, 4) is 0 Å². The zero-order chi connectivity index (χ0) is 15.1. The second-order valence-corrected chi connectivity index (χ2v) is 6.61. The van der Waals surface area contributed by atoms with Crippen LogP contribution in [0.1, 0.15) is 26.7 Å². The van der Waals surface area contributed by atoms with Crippen molar-refractivity contribution in [3.05, 3.63) is 0 Å². The highest BCUT2D eigenvalue weighted by atomic mass is 16.5. The fraction of sp³-hybridized carbons (Fsp3) is 1.00. The molecule has 2 atom stereocenters. The number of ether oxygens (including phenoxy) is 3. The third kappa shape index (κ3) is 5.49. The van der Waals surface area contributed by atoms with Gasteiger partial charge in [0.15, 0.2) is 0 Å². The molecule has 2 fully saturated rings. The Morgan fingerprint density at radius 1 is 1.10 bits per heavy atom. The molecule has 1 aliphatic heterocycles. The van der Waals surface area contributed by atoms with Gasteiger partial charge in [-0.1, -0.05) is 0 Å². The summed E-state index contributed by atoms with van der Waals surface area (Å²) in [5.41, 5.74) is 0.315. The molecule has 21 heavy (non-hydrogen) atoms. The van der Waals surface area contributed by atoms with Crippen molar-refractivity contribution in [1.29, 1.82) is 0 Å². The van der Waals surface area contributed by atoms with Crippen LogP contribution in [-0.2, 0) is 14.2 Å². The SMILES string of the molecule is COCCOCCOCCN1CC(C)(C2CC2)NCC1C. The molecule has 0 aromatic rings. The fourth-order valence-corrected chi connectivity index (χ4v) is 3.08. The molecule has 124 valence electrons. The van der Waals surface area contributed by atoms with E-state index < -0.39 is 0 Å². The van der Waals surface area contributed by atoms with Gasteiger partial charge in [0, 0.05) is 38.3 Å². The maximum atomic E-state index is 5.68. The monoisotopic (exact) mass is 300 g/mol. The molecule has 2 unspecified atom stereocenters. The molecule has 0 radical (unpaired) electrons. The molecule has 2 aliphatic rings. The number of hydrogen-bond donors (Lipinski definition) is 1. The highest BCUT2D eigenvalue weighted by Crippen LogP contribution is 2.41. The van der Waals surface area contributed by atoms with E-state index in [1.54, 1.807) is 7.11 Å². The van der Waals surface area contributed by atoms with Gasteiger partial charge in [-0.05, 0) is 32.6 Å². The minimum Gasteiger partial charge on any atom is -0.382 e. The van der Waals surface area contributed by atoms with Crippen LogP contribution in [0.5, 0.6) is 0 Å². The van der Waals surface area contributed by atoms with Crippen molar-refractivity contribution in [2.24, 2.45) is 5.92 Å². The summed E-state index contributed by atoms with van der Waals surface area (Å²) >= 11 is 0. The fourth-order valence-electron chi connectivity index (χ4n) is 3.08. The zero-order valence-corrected chi connectivity index (χ0v) is 13.9. The Morgan fingerprint density at radius 2 is 1.76 bits per heavy atom. The summed E-state index contributed by atoms with van der Waals surface area (Å²) in [6.07, 6.45) is 2.78. The lowest BCUT2D eigenvalue weighted by Gasteiger charge is -2.45. The Kier molecular flexibility index (Phi) is 6.89. The number of nitrogens with zero attached hydrogens (tertiary/aromatic N) is 1. The molecule has 2 rings (SSSR count). The first-order valence-corrected chi connectivity index (χ1v) is 8.29. The van der Waals surface area contributed by atoms with Gasteiger partial charge in [0.2, 0.25) is 0 Å². The van der Waals surface area contributed by atoms with E-state index in [9.17, 15) is 0 Å². The Labute approximate surface area is 129 Å². The largest absolute Gasteiger partial charge is 0.382 e. The molecule has 0 bridgehead atoms. The molecule has 5 nitrogen and oxygen atoms in total. The van der Waals surface area contributed by atoms with Crippen LogP contribution in [0.4, 0.5) is 0 Å². The molecule has 0 aromatic carbocycles. The summed E-state index contributed by atoms with van der Waals surface area (Å²) in [5, 5.41) is 3.75. The standard InChI is InChI=1S/C16H32N2O3/c1-14-12-17-16(2,15-4-5-15)13-18(14)6-7-20-10-11-21-9-8-19-3/h14-15,17H,4-13H2,1-3H3. The van der Waals surface area contributed by atoms with Gasteiger partial charge in [0.05, 0.1) is 33.0 Å². The van der Waals surface area contributed by atoms with Crippen molar-refractivity contribution >= 4 is 0 Å². The van der Waals surface area contributed by atoms with Crippen LogP contribution >= 0.6 is 0 Å². The van der Waals surface area contributed by atoms with E-state index in [0.717, 1.165) is 32.2 Å². The molecular formula is C16H32N2O3. The Morgan fingerprint density at radius 3 is 2.43 bits per heavy atom. The molecule has 5 heteroatoms. The summed E-state index contributed by atoms with van der Waals surface area (Å²) in [5.74, 6) is 0.877. The Hall–Kier alpha value is -0.200. The first kappa shape index (κ1) is 17.2. The number of rotatable bonds is 10. The number of nitrogens with one attached hydrogen (secondary N) is 1. The number of piperazine rings is 1. The highest BCUT2D eigenvalue weighted by molar-refractivity contribution is 5.03. The highest BCUT2D eigenvalue weighted by Gasteiger charge is 2.45. The lowest BCUT2D eigenvalue weighted by Crippen LogP contribution is -2.63. The molecule has 1 aliphatic carbocycles. The van der Waals surface area contributed by atoms with E-state index in [1.807, 2.05) is 0 Å². The van der Waals surface area contributed by atoms with Gasteiger partial charge in [0.1, 0.15) is 0 Å². The summed E-state index contributed by atoms with van der Waals surface area (Å²) in [6.45, 7) is 11.3. The predicted molar refractivity (Wildman–Crippen MR) is 83.7 cm³/mol. The molecule has 0 amide bonds.